The van der Waals surface area contributed by atoms with Crippen LogP contribution in [0.25, 0.3) is 0 Å². The van der Waals surface area contributed by atoms with Crippen molar-refractivity contribution in [2.75, 3.05) is 0 Å². The highest BCUT2D eigenvalue weighted by Gasteiger charge is 1.85. The number of rotatable bonds is 0. The zero-order valence-corrected chi connectivity index (χ0v) is 5.36. The van der Waals surface area contributed by atoms with Crippen LogP contribution in [0.1, 0.15) is 11.3 Å². The average molecular weight is 112 g/mol. The van der Waals surface area contributed by atoms with E-state index in [1.807, 2.05) is 6.20 Å². The molecule has 0 aliphatic carbocycles. The molecule has 0 fully saturated rings. The smallest absolute Gasteiger partial charge is 0.0145 e. The number of hydrogen-bond acceptors (Lipinski definition) is 1. The van der Waals surface area contributed by atoms with E-state index in [0.717, 1.165) is 0 Å². The Morgan fingerprint density at radius 3 is 2.12 bits per heavy atom. The van der Waals surface area contributed by atoms with Crippen molar-refractivity contribution in [3.63, 3.8) is 0 Å². The van der Waals surface area contributed by atoms with Crippen LogP contribution in [0.4, 0.5) is 0 Å². The molecule has 0 radical (unpaired) electrons. The van der Waals surface area contributed by atoms with E-state index in [1.54, 1.807) is 0 Å². The number of aromatic amines is 1. The van der Waals surface area contributed by atoms with E-state index in [0.29, 0.717) is 0 Å². The molecule has 0 saturated heterocycles. The lowest BCUT2D eigenvalue weighted by Gasteiger charge is -1.81. The zero-order chi connectivity index (χ0) is 5.28. The predicted octanol–water partition coefficient (Wildman–Crippen LogP) is 1.79. The van der Waals surface area contributed by atoms with E-state index in [2.05, 4.69) is 24.9 Å². The molecule has 1 aromatic rings. The van der Waals surface area contributed by atoms with Gasteiger partial charge in [-0.1, -0.05) is 0 Å². The fraction of sp³-hybridized carbons (Fsp3) is 0.333. The SMILES string of the molecule is Cc1cc[nH]c1C.N. The van der Waals surface area contributed by atoms with Crippen LogP contribution in [-0.4, -0.2) is 4.98 Å². The Morgan fingerprint density at radius 1 is 1.38 bits per heavy atom. The number of H-pyrrole nitrogens is 1. The third-order valence-electron chi connectivity index (χ3n) is 1.22. The molecule has 0 spiro atoms. The van der Waals surface area contributed by atoms with Crippen molar-refractivity contribution in [3.8, 4) is 0 Å². The summed E-state index contributed by atoms with van der Waals surface area (Å²) in [6, 6.07) is 2.06. The molecule has 0 atom stereocenters. The fourth-order valence-electron chi connectivity index (χ4n) is 0.531. The average Bonchev–Trinajstić information content (AvgIpc) is 1.91. The van der Waals surface area contributed by atoms with Crippen LogP contribution in [-0.2, 0) is 0 Å². The van der Waals surface area contributed by atoms with Crippen LogP contribution in [0.15, 0.2) is 12.3 Å². The highest BCUT2D eigenvalue weighted by atomic mass is 14.7. The molecule has 2 nitrogen and oxygen atoms in total. The molecule has 4 N–H and O–H groups in total. The van der Waals surface area contributed by atoms with Gasteiger partial charge < -0.3 is 11.1 Å². The van der Waals surface area contributed by atoms with Crippen LogP contribution in [0.2, 0.25) is 0 Å². The lowest BCUT2D eigenvalue weighted by molar-refractivity contribution is 1.23. The Bertz CT molecular complexity index is 139. The van der Waals surface area contributed by atoms with Crippen molar-refractivity contribution in [2.24, 2.45) is 0 Å². The first-order valence-electron chi connectivity index (χ1n) is 2.41. The van der Waals surface area contributed by atoms with Gasteiger partial charge >= 0.3 is 0 Å². The van der Waals surface area contributed by atoms with E-state index in [1.165, 1.54) is 11.3 Å². The van der Waals surface area contributed by atoms with Gasteiger partial charge in [-0.05, 0) is 25.5 Å². The van der Waals surface area contributed by atoms with Crippen LogP contribution < -0.4 is 6.15 Å². The molecule has 0 amide bonds. The molecule has 0 saturated carbocycles. The first-order valence-corrected chi connectivity index (χ1v) is 2.41. The van der Waals surface area contributed by atoms with E-state index in [9.17, 15) is 0 Å². The first kappa shape index (κ1) is 7.24. The summed E-state index contributed by atoms with van der Waals surface area (Å²) in [6.07, 6.45) is 1.95. The van der Waals surface area contributed by atoms with Crippen molar-refractivity contribution in [3.05, 3.63) is 23.5 Å². The molecular weight excluding hydrogens is 100 g/mol. The summed E-state index contributed by atoms with van der Waals surface area (Å²) in [5.74, 6) is 0. The minimum atomic E-state index is 0. The van der Waals surface area contributed by atoms with Crippen LogP contribution in [0.5, 0.6) is 0 Å². The van der Waals surface area contributed by atoms with Crippen LogP contribution in [0, 0.1) is 13.8 Å². The van der Waals surface area contributed by atoms with Crippen molar-refractivity contribution >= 4 is 0 Å². The zero-order valence-electron chi connectivity index (χ0n) is 5.36. The summed E-state index contributed by atoms with van der Waals surface area (Å²) in [5, 5.41) is 0. The summed E-state index contributed by atoms with van der Waals surface area (Å²) in [7, 11) is 0. The van der Waals surface area contributed by atoms with Gasteiger partial charge in [0.2, 0.25) is 0 Å². The molecule has 1 heterocycles. The molecule has 0 bridgehead atoms. The van der Waals surface area contributed by atoms with E-state index in [-0.39, 0.29) is 6.15 Å². The molecule has 0 aromatic carbocycles. The van der Waals surface area contributed by atoms with Crippen molar-refractivity contribution in [1.29, 1.82) is 0 Å². The Morgan fingerprint density at radius 2 is 2.00 bits per heavy atom. The summed E-state index contributed by atoms with van der Waals surface area (Å²) in [5.41, 5.74) is 2.60. The van der Waals surface area contributed by atoms with Gasteiger partial charge in [-0.3, -0.25) is 0 Å². The number of aryl methyl sites for hydroxylation is 2. The lowest BCUT2D eigenvalue weighted by atomic mass is 10.3. The Labute approximate surface area is 49.5 Å². The monoisotopic (exact) mass is 112 g/mol. The molecular formula is C6H12N2. The second kappa shape index (κ2) is 2.52. The molecule has 1 aromatic heterocycles. The van der Waals surface area contributed by atoms with Gasteiger partial charge in [-0.25, -0.2) is 0 Å². The van der Waals surface area contributed by atoms with E-state index in [4.69, 9.17) is 0 Å². The summed E-state index contributed by atoms with van der Waals surface area (Å²) in [6.45, 7) is 4.15. The predicted molar refractivity (Wildman–Crippen MR) is 35.3 cm³/mol. The molecule has 0 aliphatic heterocycles. The first-order chi connectivity index (χ1) is 3.30. The Balaban J connectivity index is 0.000000490. The molecule has 46 valence electrons. The second-order valence-electron chi connectivity index (χ2n) is 1.79. The summed E-state index contributed by atoms with van der Waals surface area (Å²) < 4.78 is 0. The maximum absolute atomic E-state index is 3.07. The van der Waals surface area contributed by atoms with Gasteiger partial charge in [-0.2, -0.15) is 0 Å². The normalized spacial score (nSPS) is 8.25. The van der Waals surface area contributed by atoms with Gasteiger partial charge in [0, 0.05) is 11.9 Å². The Hall–Kier alpha value is -0.760. The molecule has 8 heavy (non-hydrogen) atoms. The summed E-state index contributed by atoms with van der Waals surface area (Å²) >= 11 is 0. The third-order valence-corrected chi connectivity index (χ3v) is 1.22. The number of nitrogens with one attached hydrogen (secondary N) is 1. The standard InChI is InChI=1S/C6H9N.H3N/c1-5-3-4-7-6(5)2;/h3-4,7H,1-2H3;1H3. The summed E-state index contributed by atoms with van der Waals surface area (Å²) in [4.78, 5) is 3.07. The molecule has 0 unspecified atom stereocenters. The maximum atomic E-state index is 3.07. The van der Waals surface area contributed by atoms with Crippen molar-refractivity contribution in [2.45, 2.75) is 13.8 Å². The highest BCUT2D eigenvalue weighted by Crippen LogP contribution is 1.99. The van der Waals surface area contributed by atoms with Gasteiger partial charge in [0.25, 0.3) is 0 Å². The highest BCUT2D eigenvalue weighted by molar-refractivity contribution is 5.15. The topological polar surface area (TPSA) is 50.8 Å². The molecule has 0 aliphatic rings. The number of hydrogen-bond donors (Lipinski definition) is 2. The van der Waals surface area contributed by atoms with Gasteiger partial charge in [0.15, 0.2) is 0 Å². The quantitative estimate of drug-likeness (QED) is 0.528. The molecule has 2 heteroatoms. The molecule has 1 rings (SSSR count). The van der Waals surface area contributed by atoms with Gasteiger partial charge in [0.05, 0.1) is 0 Å². The maximum Gasteiger partial charge on any atom is 0.0145 e. The third kappa shape index (κ3) is 1.10. The Kier molecular flexibility index (Phi) is 2.28. The van der Waals surface area contributed by atoms with E-state index < -0.39 is 0 Å². The van der Waals surface area contributed by atoms with Crippen LogP contribution >= 0.6 is 0 Å². The second-order valence-corrected chi connectivity index (χ2v) is 1.79. The lowest BCUT2D eigenvalue weighted by Crippen LogP contribution is -1.69. The minimum absolute atomic E-state index is 0. The number of aromatic nitrogens is 1. The van der Waals surface area contributed by atoms with Crippen molar-refractivity contribution in [1.82, 2.24) is 11.1 Å². The van der Waals surface area contributed by atoms with Crippen molar-refractivity contribution < 1.29 is 0 Å². The fourth-order valence-corrected chi connectivity index (χ4v) is 0.531. The van der Waals surface area contributed by atoms with Crippen LogP contribution in [0.3, 0.4) is 0 Å². The van der Waals surface area contributed by atoms with Gasteiger partial charge in [0.1, 0.15) is 0 Å². The van der Waals surface area contributed by atoms with E-state index >= 15 is 0 Å². The van der Waals surface area contributed by atoms with Gasteiger partial charge in [-0.15, -0.1) is 0 Å². The minimum Gasteiger partial charge on any atom is -0.365 e. The largest absolute Gasteiger partial charge is 0.365 e.